The number of aliphatic hydroxyl groups excluding tert-OH is 3. The monoisotopic (exact) mass is 618 g/mol. The molecular formula is C36H58O8. The molecule has 8 nitrogen and oxygen atoms in total. The number of carbonyl (C=O) groups excluding carboxylic acids is 1. The van der Waals surface area contributed by atoms with E-state index in [1.807, 2.05) is 13.8 Å². The number of carbonyl (C=O) groups is 1. The third kappa shape index (κ3) is 5.05. The Morgan fingerprint density at radius 1 is 1.14 bits per heavy atom. The number of aliphatic hydroxyl groups is 4. The molecule has 5 rings (SSSR count). The van der Waals surface area contributed by atoms with E-state index < -0.39 is 36.8 Å². The van der Waals surface area contributed by atoms with Crippen molar-refractivity contribution >= 4 is 5.97 Å². The van der Waals surface area contributed by atoms with Gasteiger partial charge in [-0.15, -0.1) is 0 Å². The summed E-state index contributed by atoms with van der Waals surface area (Å²) in [7, 11) is 1.63. The van der Waals surface area contributed by atoms with E-state index >= 15 is 0 Å². The summed E-state index contributed by atoms with van der Waals surface area (Å²) in [6, 6.07) is 0. The molecule has 1 aliphatic heterocycles. The predicted molar refractivity (Wildman–Crippen MR) is 167 cm³/mol. The summed E-state index contributed by atoms with van der Waals surface area (Å²) in [6.07, 6.45) is 6.68. The minimum Gasteiger partial charge on any atom is -0.459 e. The van der Waals surface area contributed by atoms with Crippen molar-refractivity contribution in [3.8, 4) is 0 Å². The van der Waals surface area contributed by atoms with Crippen LogP contribution in [0.4, 0.5) is 0 Å². The maximum atomic E-state index is 12.6. The summed E-state index contributed by atoms with van der Waals surface area (Å²) >= 11 is 0. The topological polar surface area (TPSA) is 126 Å². The second kappa shape index (κ2) is 11.4. The van der Waals surface area contributed by atoms with Crippen LogP contribution in [-0.2, 0) is 19.0 Å². The highest BCUT2D eigenvalue weighted by molar-refractivity contribution is 5.82. The quantitative estimate of drug-likeness (QED) is 0.180. The largest absolute Gasteiger partial charge is 0.459 e. The third-order valence-corrected chi connectivity index (χ3v) is 13.6. The van der Waals surface area contributed by atoms with Crippen molar-refractivity contribution in [1.82, 2.24) is 0 Å². The highest BCUT2D eigenvalue weighted by Gasteiger charge is 2.69. The van der Waals surface area contributed by atoms with Gasteiger partial charge < -0.3 is 34.6 Å². The molecule has 8 heteroatoms. The number of allylic oxidation sites excluding steroid dienone is 2. The van der Waals surface area contributed by atoms with Crippen molar-refractivity contribution in [2.45, 2.75) is 137 Å². The zero-order chi connectivity index (χ0) is 32.6. The Kier molecular flexibility index (Phi) is 8.86. The van der Waals surface area contributed by atoms with Gasteiger partial charge in [-0.25, -0.2) is 4.79 Å². The summed E-state index contributed by atoms with van der Waals surface area (Å²) in [4.78, 5) is 12.6. The van der Waals surface area contributed by atoms with Gasteiger partial charge in [-0.1, -0.05) is 51.8 Å². The Morgan fingerprint density at radius 2 is 1.82 bits per heavy atom. The van der Waals surface area contributed by atoms with E-state index in [4.69, 9.17) is 14.2 Å². The molecule has 5 aliphatic rings. The Labute approximate surface area is 264 Å². The van der Waals surface area contributed by atoms with E-state index in [9.17, 15) is 25.2 Å². The van der Waals surface area contributed by atoms with Crippen LogP contribution in [0.2, 0.25) is 0 Å². The van der Waals surface area contributed by atoms with Crippen LogP contribution in [0.15, 0.2) is 23.3 Å². The average Bonchev–Trinajstić information content (AvgIpc) is 3.52. The van der Waals surface area contributed by atoms with Crippen LogP contribution in [0, 0.1) is 45.3 Å². The van der Waals surface area contributed by atoms with Crippen molar-refractivity contribution in [3.05, 3.63) is 23.3 Å². The standard InChI is InChI=1S/C36H58O8/c1-20(2)16-29(39)44-28-13-15-34(6)25-12-14-33(5)22(21-17-23(43-31(21)42-9)30(40)35(7,41)19-37)10-11-24(33)36(25,8)27(38)18-26(34)32(28,3)4/h11,16,21-23,25-28,30-31,37-38,40-41H,10,12-15,17-19H2,1-9H3/t21-,22-,23+,25+,26-,27+,28+,30-,31+,33-,34+,35-,36-/m0/s1. The van der Waals surface area contributed by atoms with E-state index in [1.165, 1.54) is 12.5 Å². The first kappa shape index (κ1) is 34.1. The van der Waals surface area contributed by atoms with E-state index in [0.717, 1.165) is 37.7 Å². The first-order valence-corrected chi connectivity index (χ1v) is 16.8. The second-order valence-electron chi connectivity index (χ2n) is 16.7. The predicted octanol–water partition coefficient (Wildman–Crippen LogP) is 4.92. The molecule has 0 radical (unpaired) electrons. The second-order valence-corrected chi connectivity index (χ2v) is 16.7. The van der Waals surface area contributed by atoms with Gasteiger partial charge in [0.15, 0.2) is 6.29 Å². The van der Waals surface area contributed by atoms with Crippen molar-refractivity contribution < 1.29 is 39.4 Å². The van der Waals surface area contributed by atoms with Gasteiger partial charge in [-0.3, -0.25) is 0 Å². The number of esters is 1. The lowest BCUT2D eigenvalue weighted by molar-refractivity contribution is -0.220. The lowest BCUT2D eigenvalue weighted by Crippen LogP contribution is -2.65. The highest BCUT2D eigenvalue weighted by atomic mass is 16.7. The SMILES string of the molecule is CO[C@@H]1O[C@@H]([C@H](O)[C@@](C)(O)CO)C[C@H]1[C@@H]1CC=C2[C@]3(C)[C@H](O)C[C@H]4C(C)(C)[C@H](OC(=O)C=C(C)C)CC[C@]4(C)[C@H]3CC[C@]21C. The molecule has 4 aliphatic carbocycles. The lowest BCUT2D eigenvalue weighted by Gasteiger charge is -2.68. The first-order chi connectivity index (χ1) is 20.4. The fourth-order valence-corrected chi connectivity index (χ4v) is 11.2. The average molecular weight is 619 g/mol. The van der Waals surface area contributed by atoms with Crippen LogP contribution < -0.4 is 0 Å². The molecule has 13 atom stereocenters. The normalized spacial score (nSPS) is 46.5. The van der Waals surface area contributed by atoms with E-state index in [2.05, 4.69) is 40.7 Å². The summed E-state index contributed by atoms with van der Waals surface area (Å²) in [5.41, 5.74) is -0.200. The van der Waals surface area contributed by atoms with Crippen molar-refractivity contribution in [2.24, 2.45) is 45.3 Å². The molecule has 0 amide bonds. The molecule has 1 heterocycles. The van der Waals surface area contributed by atoms with Crippen LogP contribution in [0.25, 0.3) is 0 Å². The molecule has 0 aromatic heterocycles. The highest BCUT2D eigenvalue weighted by Crippen LogP contribution is 2.73. The first-order valence-electron chi connectivity index (χ1n) is 16.8. The van der Waals surface area contributed by atoms with Gasteiger partial charge in [-0.2, -0.15) is 0 Å². The summed E-state index contributed by atoms with van der Waals surface area (Å²) in [5, 5.41) is 43.3. The maximum Gasteiger partial charge on any atom is 0.330 e. The van der Waals surface area contributed by atoms with Gasteiger partial charge in [0.05, 0.1) is 18.8 Å². The molecule has 3 saturated carbocycles. The van der Waals surface area contributed by atoms with E-state index in [0.29, 0.717) is 18.8 Å². The lowest BCUT2D eigenvalue weighted by atomic mass is 9.37. The fourth-order valence-electron chi connectivity index (χ4n) is 11.2. The summed E-state index contributed by atoms with van der Waals surface area (Å²) in [6.45, 7) is 16.2. The van der Waals surface area contributed by atoms with Gasteiger partial charge in [0, 0.05) is 29.9 Å². The molecule has 0 spiro atoms. The van der Waals surface area contributed by atoms with Gasteiger partial charge in [-0.05, 0) is 94.3 Å². The molecule has 0 aromatic rings. The van der Waals surface area contributed by atoms with Crippen molar-refractivity contribution in [1.29, 1.82) is 0 Å². The summed E-state index contributed by atoms with van der Waals surface area (Å²) < 4.78 is 18.1. The maximum absolute atomic E-state index is 12.6. The zero-order valence-electron chi connectivity index (χ0n) is 28.4. The van der Waals surface area contributed by atoms with Crippen LogP contribution in [0.3, 0.4) is 0 Å². The van der Waals surface area contributed by atoms with Crippen LogP contribution in [-0.4, -0.2) is 76.4 Å². The van der Waals surface area contributed by atoms with Crippen molar-refractivity contribution in [3.63, 3.8) is 0 Å². The molecule has 1 saturated heterocycles. The number of hydrogen-bond donors (Lipinski definition) is 4. The Hall–Kier alpha value is -1.29. The fraction of sp³-hybridized carbons (Fsp3) is 0.861. The van der Waals surface area contributed by atoms with E-state index in [1.54, 1.807) is 13.2 Å². The molecule has 0 aromatic carbocycles. The Morgan fingerprint density at radius 3 is 2.43 bits per heavy atom. The molecule has 0 unspecified atom stereocenters. The number of hydrogen-bond acceptors (Lipinski definition) is 8. The van der Waals surface area contributed by atoms with Gasteiger partial charge in [0.2, 0.25) is 0 Å². The smallest absolute Gasteiger partial charge is 0.330 e. The zero-order valence-corrected chi connectivity index (χ0v) is 28.4. The molecule has 44 heavy (non-hydrogen) atoms. The summed E-state index contributed by atoms with van der Waals surface area (Å²) in [5.74, 6) is 0.440. The van der Waals surface area contributed by atoms with Gasteiger partial charge in [0.25, 0.3) is 0 Å². The van der Waals surface area contributed by atoms with Gasteiger partial charge >= 0.3 is 5.97 Å². The molecule has 0 bridgehead atoms. The van der Waals surface area contributed by atoms with Crippen LogP contribution in [0.5, 0.6) is 0 Å². The molecule has 4 N–H and O–H groups in total. The number of rotatable bonds is 7. The van der Waals surface area contributed by atoms with Crippen molar-refractivity contribution in [2.75, 3.05) is 13.7 Å². The molecule has 250 valence electrons. The van der Waals surface area contributed by atoms with Crippen LogP contribution in [0.1, 0.15) is 100 Å². The minimum absolute atomic E-state index is 0.00183. The van der Waals surface area contributed by atoms with E-state index in [-0.39, 0.29) is 51.5 Å². The molecule has 4 fully saturated rings. The van der Waals surface area contributed by atoms with Crippen LogP contribution >= 0.6 is 0 Å². The number of ether oxygens (including phenoxy) is 3. The number of methoxy groups -OCH3 is 1. The number of fused-ring (bicyclic) bond motifs is 5. The Bertz CT molecular complexity index is 1170. The third-order valence-electron chi connectivity index (χ3n) is 13.6. The minimum atomic E-state index is -1.67. The Balaban J connectivity index is 1.40. The van der Waals surface area contributed by atoms with Gasteiger partial charge in [0.1, 0.15) is 17.8 Å². The molecular weight excluding hydrogens is 560 g/mol.